The second-order valence-electron chi connectivity index (χ2n) is 8.01. The van der Waals surface area contributed by atoms with Crippen LogP contribution in [0.5, 0.6) is 0 Å². The lowest BCUT2D eigenvalue weighted by molar-refractivity contribution is -0.163. The summed E-state index contributed by atoms with van der Waals surface area (Å²) in [6.45, 7) is 1.88. The number of aliphatic hydroxyl groups excluding tert-OH is 1. The lowest BCUT2D eigenvalue weighted by Crippen LogP contribution is -2.51. The van der Waals surface area contributed by atoms with E-state index in [-0.39, 0.29) is 17.9 Å². The smallest absolute Gasteiger partial charge is 0.225 e. The first-order valence-corrected chi connectivity index (χ1v) is 10.3. The molecular formula is C21H27ClN2O3. The van der Waals surface area contributed by atoms with Crippen LogP contribution in [0.2, 0.25) is 5.02 Å². The number of nitrogens with one attached hydrogen (secondary N) is 1. The normalized spacial score (nSPS) is 19.8. The van der Waals surface area contributed by atoms with Crippen LogP contribution in [0.25, 0.3) is 10.9 Å². The lowest BCUT2D eigenvalue weighted by atomic mass is 9.65. The second kappa shape index (κ2) is 7.82. The zero-order chi connectivity index (χ0) is 18.9. The summed E-state index contributed by atoms with van der Waals surface area (Å²) in [7, 11) is 0. The van der Waals surface area contributed by atoms with Crippen molar-refractivity contribution < 1.29 is 14.6 Å². The number of halogens is 1. The molecule has 2 heterocycles. The summed E-state index contributed by atoms with van der Waals surface area (Å²) in [5.74, 6) is 0.608. The minimum Gasteiger partial charge on any atom is -0.395 e. The highest BCUT2D eigenvalue weighted by molar-refractivity contribution is 6.36. The van der Waals surface area contributed by atoms with Crippen molar-refractivity contribution in [2.45, 2.75) is 45.1 Å². The van der Waals surface area contributed by atoms with E-state index >= 15 is 0 Å². The molecule has 1 aromatic heterocycles. The van der Waals surface area contributed by atoms with Gasteiger partial charge in [0.2, 0.25) is 5.91 Å². The highest BCUT2D eigenvalue weighted by Crippen LogP contribution is 2.46. The average Bonchev–Trinajstić information content (AvgIpc) is 2.98. The Kier molecular flexibility index (Phi) is 5.44. The summed E-state index contributed by atoms with van der Waals surface area (Å²) < 4.78 is 7.47. The molecule has 2 fully saturated rings. The molecule has 1 aliphatic heterocycles. The maximum Gasteiger partial charge on any atom is 0.225 e. The fourth-order valence-corrected chi connectivity index (χ4v) is 5.04. The highest BCUT2D eigenvalue weighted by Gasteiger charge is 2.47. The Morgan fingerprint density at radius 3 is 2.74 bits per heavy atom. The van der Waals surface area contributed by atoms with Crippen LogP contribution in [0, 0.1) is 11.3 Å². The predicted octanol–water partition coefficient (Wildman–Crippen LogP) is 4.21. The third-order valence-corrected chi connectivity index (χ3v) is 6.55. The van der Waals surface area contributed by atoms with E-state index in [4.69, 9.17) is 16.3 Å². The average molecular weight is 391 g/mol. The molecule has 0 radical (unpaired) electrons. The van der Waals surface area contributed by atoms with Crippen molar-refractivity contribution in [3.63, 3.8) is 0 Å². The van der Waals surface area contributed by atoms with Gasteiger partial charge >= 0.3 is 0 Å². The summed E-state index contributed by atoms with van der Waals surface area (Å²) in [5.41, 5.74) is 1.63. The number of rotatable bonds is 6. The van der Waals surface area contributed by atoms with Crippen LogP contribution >= 0.6 is 11.6 Å². The van der Waals surface area contributed by atoms with Crippen LogP contribution < -0.4 is 5.32 Å². The molecule has 1 aromatic carbocycles. The first kappa shape index (κ1) is 18.8. The molecule has 1 aliphatic carbocycles. The van der Waals surface area contributed by atoms with Crippen molar-refractivity contribution >= 4 is 34.1 Å². The minimum absolute atomic E-state index is 0.00222. The van der Waals surface area contributed by atoms with Gasteiger partial charge in [0.25, 0.3) is 0 Å². The summed E-state index contributed by atoms with van der Waals surface area (Å²) >= 11 is 6.41. The molecule has 146 valence electrons. The third-order valence-electron chi connectivity index (χ3n) is 6.23. The van der Waals surface area contributed by atoms with Gasteiger partial charge in [0.15, 0.2) is 0 Å². The zero-order valence-electron chi connectivity index (χ0n) is 15.5. The molecule has 2 aromatic rings. The predicted molar refractivity (Wildman–Crippen MR) is 107 cm³/mol. The van der Waals surface area contributed by atoms with Crippen LogP contribution in [0.15, 0.2) is 24.4 Å². The standard InChI is InChI=1S/C21H27ClN2O3/c22-16-7-4-8-18-20(16)17(12-24(18)9-10-25)23-19(26)11-21(13-27-14-21)15-5-2-1-3-6-15/h4,7-8,12,15,25H,1-3,5-6,9-11,13-14H2,(H,23,26). The van der Waals surface area contributed by atoms with Gasteiger partial charge in [-0.15, -0.1) is 0 Å². The van der Waals surface area contributed by atoms with E-state index in [2.05, 4.69) is 5.32 Å². The van der Waals surface area contributed by atoms with E-state index in [1.165, 1.54) is 32.1 Å². The molecule has 27 heavy (non-hydrogen) atoms. The van der Waals surface area contributed by atoms with Gasteiger partial charge in [0.1, 0.15) is 0 Å². The number of carbonyl (C=O) groups is 1. The number of hydrogen-bond acceptors (Lipinski definition) is 3. The van der Waals surface area contributed by atoms with Crippen LogP contribution in [0.3, 0.4) is 0 Å². The van der Waals surface area contributed by atoms with Gasteiger partial charge in [0, 0.05) is 30.0 Å². The Bertz CT molecular complexity index is 822. The van der Waals surface area contributed by atoms with Gasteiger partial charge in [0.05, 0.1) is 36.0 Å². The molecule has 0 spiro atoms. The summed E-state index contributed by atoms with van der Waals surface area (Å²) in [4.78, 5) is 12.9. The quantitative estimate of drug-likeness (QED) is 0.776. The number of ether oxygens (including phenoxy) is 1. The molecule has 1 saturated heterocycles. The van der Waals surface area contributed by atoms with E-state index in [9.17, 15) is 9.90 Å². The molecule has 0 bridgehead atoms. The molecule has 0 unspecified atom stereocenters. The molecular weight excluding hydrogens is 364 g/mol. The van der Waals surface area contributed by atoms with Crippen LogP contribution in [0.1, 0.15) is 38.5 Å². The number of benzene rings is 1. The maximum absolute atomic E-state index is 12.9. The number of nitrogens with zero attached hydrogens (tertiary/aromatic N) is 1. The first-order valence-electron chi connectivity index (χ1n) is 9.89. The van der Waals surface area contributed by atoms with Crippen molar-refractivity contribution in [2.75, 3.05) is 25.1 Å². The van der Waals surface area contributed by atoms with Gasteiger partial charge in [-0.25, -0.2) is 0 Å². The van der Waals surface area contributed by atoms with Crippen LogP contribution in [0.4, 0.5) is 5.69 Å². The van der Waals surface area contributed by atoms with Crippen molar-refractivity contribution in [3.8, 4) is 0 Å². The Morgan fingerprint density at radius 2 is 2.07 bits per heavy atom. The van der Waals surface area contributed by atoms with Crippen LogP contribution in [-0.4, -0.2) is 35.4 Å². The fraction of sp³-hybridized carbons (Fsp3) is 0.571. The van der Waals surface area contributed by atoms with E-state index in [0.29, 0.717) is 42.8 Å². The summed E-state index contributed by atoms with van der Waals surface area (Å²) in [6, 6.07) is 5.66. The maximum atomic E-state index is 12.9. The van der Waals surface area contributed by atoms with Crippen LogP contribution in [-0.2, 0) is 16.1 Å². The summed E-state index contributed by atoms with van der Waals surface area (Å²) in [5, 5.41) is 13.8. The third kappa shape index (κ3) is 3.60. The number of aliphatic hydroxyl groups is 1. The molecule has 2 N–H and O–H groups in total. The number of anilines is 1. The second-order valence-corrected chi connectivity index (χ2v) is 8.42. The van der Waals surface area contributed by atoms with E-state index in [1.54, 1.807) is 0 Å². The topological polar surface area (TPSA) is 63.5 Å². The SMILES string of the molecule is O=C(CC1(C2CCCCC2)COC1)Nc1cn(CCO)c2cccc(Cl)c12. The first-order chi connectivity index (χ1) is 13.1. The monoisotopic (exact) mass is 390 g/mol. The van der Waals surface area contributed by atoms with Gasteiger partial charge in [-0.05, 0) is 30.9 Å². The lowest BCUT2D eigenvalue weighted by Gasteiger charge is -2.48. The van der Waals surface area contributed by atoms with Gasteiger partial charge in [-0.3, -0.25) is 4.79 Å². The Balaban J connectivity index is 1.54. The Labute approximate surface area is 164 Å². The van der Waals surface area contributed by atoms with Crippen molar-refractivity contribution in [3.05, 3.63) is 29.4 Å². The van der Waals surface area contributed by atoms with Gasteiger partial charge < -0.3 is 19.7 Å². The number of carbonyl (C=O) groups excluding carboxylic acids is 1. The van der Waals surface area contributed by atoms with E-state index in [0.717, 1.165) is 10.9 Å². The molecule has 1 saturated carbocycles. The highest BCUT2D eigenvalue weighted by atomic mass is 35.5. The Morgan fingerprint density at radius 1 is 1.30 bits per heavy atom. The molecule has 6 heteroatoms. The number of fused-ring (bicyclic) bond motifs is 1. The molecule has 1 amide bonds. The molecule has 5 nitrogen and oxygen atoms in total. The van der Waals surface area contributed by atoms with E-state index < -0.39 is 0 Å². The van der Waals surface area contributed by atoms with Crippen molar-refractivity contribution in [1.29, 1.82) is 0 Å². The van der Waals surface area contributed by atoms with Crippen molar-refractivity contribution in [2.24, 2.45) is 11.3 Å². The molecule has 0 atom stereocenters. The minimum atomic E-state index is -0.00222. The number of aromatic nitrogens is 1. The fourth-order valence-electron chi connectivity index (χ4n) is 4.77. The Hall–Kier alpha value is -1.56. The van der Waals surface area contributed by atoms with Gasteiger partial charge in [-0.2, -0.15) is 0 Å². The number of amides is 1. The zero-order valence-corrected chi connectivity index (χ0v) is 16.3. The van der Waals surface area contributed by atoms with E-state index in [1.807, 2.05) is 29.0 Å². The molecule has 4 rings (SSSR count). The van der Waals surface area contributed by atoms with Crippen molar-refractivity contribution in [1.82, 2.24) is 4.57 Å². The largest absolute Gasteiger partial charge is 0.395 e. The van der Waals surface area contributed by atoms with Gasteiger partial charge in [-0.1, -0.05) is 36.9 Å². The molecule has 2 aliphatic rings. The summed E-state index contributed by atoms with van der Waals surface area (Å²) in [6.07, 6.45) is 8.61. The number of hydrogen-bond donors (Lipinski definition) is 2.